The number of ether oxygens (including phenoxy) is 1. The van der Waals surface area contributed by atoms with Gasteiger partial charge >= 0.3 is 5.97 Å². The summed E-state index contributed by atoms with van der Waals surface area (Å²) in [6.07, 6.45) is 1.75. The number of nitrogens with zero attached hydrogens (tertiary/aromatic N) is 1. The lowest BCUT2D eigenvalue weighted by atomic mass is 9.86. The first-order valence-electron chi connectivity index (χ1n) is 6.47. The van der Waals surface area contributed by atoms with E-state index in [2.05, 4.69) is 43.1 Å². The van der Waals surface area contributed by atoms with Gasteiger partial charge in [-0.05, 0) is 44.5 Å². The van der Waals surface area contributed by atoms with Crippen molar-refractivity contribution in [2.75, 3.05) is 20.7 Å². The standard InChI is InChI=1S/C15H21NO2/c1-11-6-4-5-7-13(11)14-10-12(15(17)18-3)8-9-16(14)2/h4-7,12,14H,8-10H2,1-3H3. The van der Waals surface area contributed by atoms with E-state index in [4.69, 9.17) is 4.74 Å². The van der Waals surface area contributed by atoms with Gasteiger partial charge in [0.2, 0.25) is 0 Å². The van der Waals surface area contributed by atoms with Crippen LogP contribution in [0.3, 0.4) is 0 Å². The largest absolute Gasteiger partial charge is 0.469 e. The van der Waals surface area contributed by atoms with Crippen LogP contribution in [0.4, 0.5) is 0 Å². The maximum absolute atomic E-state index is 11.7. The normalized spacial score (nSPS) is 24.8. The Balaban J connectivity index is 2.20. The molecule has 0 N–H and O–H groups in total. The van der Waals surface area contributed by atoms with E-state index >= 15 is 0 Å². The summed E-state index contributed by atoms with van der Waals surface area (Å²) in [5.41, 5.74) is 2.62. The first-order valence-corrected chi connectivity index (χ1v) is 6.47. The molecule has 98 valence electrons. The minimum Gasteiger partial charge on any atom is -0.469 e. The number of aryl methyl sites for hydroxylation is 1. The highest BCUT2D eigenvalue weighted by molar-refractivity contribution is 5.72. The van der Waals surface area contributed by atoms with E-state index in [1.54, 1.807) is 0 Å². The predicted octanol–water partition coefficient (Wildman–Crippen LogP) is 2.55. The Morgan fingerprint density at radius 3 is 2.78 bits per heavy atom. The van der Waals surface area contributed by atoms with E-state index in [0.29, 0.717) is 6.04 Å². The van der Waals surface area contributed by atoms with E-state index in [9.17, 15) is 4.79 Å². The summed E-state index contributed by atoms with van der Waals surface area (Å²) in [5, 5.41) is 0. The van der Waals surface area contributed by atoms with Gasteiger partial charge < -0.3 is 4.74 Å². The summed E-state index contributed by atoms with van der Waals surface area (Å²) in [6.45, 7) is 3.07. The molecule has 18 heavy (non-hydrogen) atoms. The minimum atomic E-state index is -0.0679. The van der Waals surface area contributed by atoms with Crippen molar-refractivity contribution < 1.29 is 9.53 Å². The Bertz CT molecular complexity index is 430. The van der Waals surface area contributed by atoms with Crippen molar-refractivity contribution in [3.05, 3.63) is 35.4 Å². The number of esters is 1. The molecule has 1 saturated heterocycles. The van der Waals surface area contributed by atoms with E-state index in [-0.39, 0.29) is 11.9 Å². The molecule has 0 aromatic heterocycles. The first kappa shape index (κ1) is 13.1. The van der Waals surface area contributed by atoms with Crippen LogP contribution in [0.5, 0.6) is 0 Å². The molecular formula is C15H21NO2. The second kappa shape index (κ2) is 5.53. The van der Waals surface area contributed by atoms with E-state index in [1.165, 1.54) is 18.2 Å². The molecule has 1 fully saturated rings. The Morgan fingerprint density at radius 1 is 1.39 bits per heavy atom. The number of methoxy groups -OCH3 is 1. The van der Waals surface area contributed by atoms with Crippen LogP contribution in [0.25, 0.3) is 0 Å². The molecule has 1 aromatic rings. The number of carbonyl (C=O) groups is 1. The van der Waals surface area contributed by atoms with Crippen molar-refractivity contribution >= 4 is 5.97 Å². The zero-order valence-electron chi connectivity index (χ0n) is 11.3. The fourth-order valence-corrected chi connectivity index (χ4v) is 2.79. The number of hydrogen-bond acceptors (Lipinski definition) is 3. The molecule has 0 saturated carbocycles. The van der Waals surface area contributed by atoms with Gasteiger partial charge in [0.25, 0.3) is 0 Å². The highest BCUT2D eigenvalue weighted by Crippen LogP contribution is 2.34. The predicted molar refractivity (Wildman–Crippen MR) is 71.3 cm³/mol. The van der Waals surface area contributed by atoms with E-state index in [1.807, 2.05) is 0 Å². The van der Waals surface area contributed by atoms with Gasteiger partial charge in [0.05, 0.1) is 13.0 Å². The van der Waals surface area contributed by atoms with Gasteiger partial charge in [-0.3, -0.25) is 9.69 Å². The summed E-state index contributed by atoms with van der Waals surface area (Å²) < 4.78 is 4.88. The van der Waals surface area contributed by atoms with Gasteiger partial charge in [-0.15, -0.1) is 0 Å². The van der Waals surface area contributed by atoms with Crippen LogP contribution in [0.2, 0.25) is 0 Å². The molecule has 0 aliphatic carbocycles. The Labute approximate surface area is 109 Å². The van der Waals surface area contributed by atoms with E-state index < -0.39 is 0 Å². The molecule has 1 aromatic carbocycles. The molecule has 1 aliphatic rings. The molecule has 0 radical (unpaired) electrons. The third-order valence-corrected chi connectivity index (χ3v) is 3.95. The zero-order chi connectivity index (χ0) is 13.1. The van der Waals surface area contributed by atoms with Gasteiger partial charge in [0.15, 0.2) is 0 Å². The van der Waals surface area contributed by atoms with Crippen LogP contribution >= 0.6 is 0 Å². The molecule has 2 rings (SSSR count). The lowest BCUT2D eigenvalue weighted by Gasteiger charge is -2.37. The molecule has 2 unspecified atom stereocenters. The average molecular weight is 247 g/mol. The van der Waals surface area contributed by atoms with Gasteiger partial charge in [0.1, 0.15) is 0 Å². The highest BCUT2D eigenvalue weighted by Gasteiger charge is 2.32. The maximum Gasteiger partial charge on any atom is 0.308 e. The van der Waals surface area contributed by atoms with Gasteiger partial charge in [-0.2, -0.15) is 0 Å². The van der Waals surface area contributed by atoms with Crippen molar-refractivity contribution in [3.63, 3.8) is 0 Å². The number of rotatable bonds is 2. The van der Waals surface area contributed by atoms with Crippen LogP contribution in [0.1, 0.15) is 30.0 Å². The number of carbonyl (C=O) groups excluding carboxylic acids is 1. The monoisotopic (exact) mass is 247 g/mol. The van der Waals surface area contributed by atoms with Gasteiger partial charge in [0, 0.05) is 6.04 Å². The fourth-order valence-electron chi connectivity index (χ4n) is 2.79. The molecule has 1 aliphatic heterocycles. The quantitative estimate of drug-likeness (QED) is 0.752. The van der Waals surface area contributed by atoms with Crippen molar-refractivity contribution in [2.45, 2.75) is 25.8 Å². The highest BCUT2D eigenvalue weighted by atomic mass is 16.5. The Hall–Kier alpha value is -1.35. The van der Waals surface area contributed by atoms with Crippen molar-refractivity contribution in [1.29, 1.82) is 0 Å². The van der Waals surface area contributed by atoms with Crippen LogP contribution < -0.4 is 0 Å². The van der Waals surface area contributed by atoms with Crippen LogP contribution in [-0.2, 0) is 9.53 Å². The van der Waals surface area contributed by atoms with Crippen molar-refractivity contribution in [2.24, 2.45) is 5.92 Å². The topological polar surface area (TPSA) is 29.5 Å². The third-order valence-electron chi connectivity index (χ3n) is 3.95. The second-order valence-corrected chi connectivity index (χ2v) is 5.10. The van der Waals surface area contributed by atoms with Gasteiger partial charge in [-0.1, -0.05) is 24.3 Å². The average Bonchev–Trinajstić information content (AvgIpc) is 2.39. The smallest absolute Gasteiger partial charge is 0.308 e. The summed E-state index contributed by atoms with van der Waals surface area (Å²) >= 11 is 0. The number of piperidine rings is 1. The summed E-state index contributed by atoms with van der Waals surface area (Å²) in [5.74, 6) is -0.0301. The lowest BCUT2D eigenvalue weighted by molar-refractivity contribution is -0.147. The number of likely N-dealkylation sites (tertiary alicyclic amines) is 1. The molecule has 1 heterocycles. The zero-order valence-corrected chi connectivity index (χ0v) is 11.3. The summed E-state index contributed by atoms with van der Waals surface area (Å²) in [6, 6.07) is 8.74. The van der Waals surface area contributed by atoms with Crippen molar-refractivity contribution in [3.8, 4) is 0 Å². The molecule has 3 nitrogen and oxygen atoms in total. The maximum atomic E-state index is 11.7. The SMILES string of the molecule is COC(=O)C1CCN(C)C(c2ccccc2C)C1. The Kier molecular flexibility index (Phi) is 4.02. The molecule has 2 atom stereocenters. The molecule has 0 bridgehead atoms. The number of benzene rings is 1. The molecular weight excluding hydrogens is 226 g/mol. The molecule has 0 spiro atoms. The second-order valence-electron chi connectivity index (χ2n) is 5.10. The van der Waals surface area contributed by atoms with Crippen LogP contribution in [0, 0.1) is 12.8 Å². The number of hydrogen-bond donors (Lipinski definition) is 0. The fraction of sp³-hybridized carbons (Fsp3) is 0.533. The summed E-state index contributed by atoms with van der Waals surface area (Å²) in [4.78, 5) is 14.0. The van der Waals surface area contributed by atoms with Crippen molar-refractivity contribution in [1.82, 2.24) is 4.90 Å². The molecule has 0 amide bonds. The lowest BCUT2D eigenvalue weighted by Crippen LogP contribution is -2.37. The Morgan fingerprint density at radius 2 is 2.11 bits per heavy atom. The third kappa shape index (κ3) is 2.56. The summed E-state index contributed by atoms with van der Waals surface area (Å²) in [7, 11) is 3.61. The minimum absolute atomic E-state index is 0.0378. The first-order chi connectivity index (χ1) is 8.63. The van der Waals surface area contributed by atoms with Gasteiger partial charge in [-0.25, -0.2) is 0 Å². The van der Waals surface area contributed by atoms with Crippen LogP contribution in [-0.4, -0.2) is 31.6 Å². The molecule has 3 heteroatoms. The van der Waals surface area contributed by atoms with E-state index in [0.717, 1.165) is 19.4 Å². The van der Waals surface area contributed by atoms with Crippen LogP contribution in [0.15, 0.2) is 24.3 Å².